The molecule has 0 unspecified atom stereocenters. The molecule has 2 aliphatic heterocycles. The van der Waals surface area contributed by atoms with Crippen LogP contribution in [-0.4, -0.2) is 52.5 Å². The Morgan fingerprint density at radius 3 is 2.82 bits per heavy atom. The van der Waals surface area contributed by atoms with Crippen LogP contribution in [0, 0.1) is 17.1 Å². The van der Waals surface area contributed by atoms with Crippen molar-refractivity contribution in [1.29, 1.82) is 5.26 Å². The van der Waals surface area contributed by atoms with Crippen LogP contribution in [0.4, 0.5) is 15.9 Å². The van der Waals surface area contributed by atoms with Crippen molar-refractivity contribution in [3.8, 4) is 17.3 Å². The molecule has 0 spiro atoms. The summed E-state index contributed by atoms with van der Waals surface area (Å²) in [6, 6.07) is 13.0. The smallest absolute Gasteiger partial charge is 0.254 e. The molecule has 0 bridgehead atoms. The lowest BCUT2D eigenvalue weighted by atomic mass is 9.74. The molecule has 198 valence electrons. The number of rotatable bonds is 6. The van der Waals surface area contributed by atoms with Gasteiger partial charge in [-0.3, -0.25) is 9.20 Å². The van der Waals surface area contributed by atoms with Gasteiger partial charge < -0.3 is 20.3 Å². The number of halogens is 1. The molecule has 3 aromatic heterocycles. The minimum absolute atomic E-state index is 0.176. The molecule has 0 atom stereocenters. The lowest BCUT2D eigenvalue weighted by Crippen LogP contribution is -2.34. The fraction of sp³-hybridized carbons (Fsp3) is 0.310. The van der Waals surface area contributed by atoms with Crippen molar-refractivity contribution in [2.75, 3.05) is 32.6 Å². The number of aromatic nitrogens is 3. The highest BCUT2D eigenvalue weighted by atomic mass is 19.1. The van der Waals surface area contributed by atoms with E-state index in [-0.39, 0.29) is 11.7 Å². The summed E-state index contributed by atoms with van der Waals surface area (Å²) in [7, 11) is 3.94. The van der Waals surface area contributed by atoms with Gasteiger partial charge in [0.2, 0.25) is 0 Å². The number of imidazole rings is 1. The maximum absolute atomic E-state index is 13.7. The standard InChI is InChI=1S/C29H28FN7O2/c1-36(2)16-23-21(29(17-31)8-11-39-12-9-29)4-6-25(35-23)34-22-5-3-19(20-14-33-28(38)27(20)22)24-15-32-26-13-18(30)7-10-37(24)26/h3-7,10,13,15H,8-9,11-12,14,16H2,1-2H3,(H,33,38)(H,34,35). The molecule has 39 heavy (non-hydrogen) atoms. The summed E-state index contributed by atoms with van der Waals surface area (Å²) in [6.07, 6.45) is 4.59. The Morgan fingerprint density at radius 2 is 2.05 bits per heavy atom. The first-order valence-electron chi connectivity index (χ1n) is 12.9. The molecular formula is C29H28FN7O2. The second kappa shape index (κ2) is 9.76. The Bertz CT molecular complexity index is 1630. The molecule has 2 N–H and O–H groups in total. The number of anilines is 2. The number of carbonyl (C=O) groups is 1. The fourth-order valence-electron chi connectivity index (χ4n) is 5.57. The number of pyridine rings is 2. The molecule has 10 heteroatoms. The maximum atomic E-state index is 13.7. The third-order valence-corrected chi connectivity index (χ3v) is 7.50. The highest BCUT2D eigenvalue weighted by molar-refractivity contribution is 6.06. The zero-order valence-corrected chi connectivity index (χ0v) is 21.8. The van der Waals surface area contributed by atoms with E-state index in [1.807, 2.05) is 47.7 Å². The molecule has 1 fully saturated rings. The number of amides is 1. The van der Waals surface area contributed by atoms with E-state index in [1.165, 1.54) is 12.1 Å². The molecule has 0 radical (unpaired) electrons. The largest absolute Gasteiger partial charge is 0.381 e. The molecule has 0 saturated carbocycles. The first kappa shape index (κ1) is 25.0. The van der Waals surface area contributed by atoms with Gasteiger partial charge in [0.1, 0.15) is 17.3 Å². The number of nitriles is 1. The molecule has 0 aliphatic carbocycles. The van der Waals surface area contributed by atoms with Crippen molar-refractivity contribution in [2.45, 2.75) is 31.3 Å². The van der Waals surface area contributed by atoms with Gasteiger partial charge in [-0.2, -0.15) is 5.26 Å². The molecule has 4 aromatic rings. The minimum Gasteiger partial charge on any atom is -0.381 e. The number of nitrogens with one attached hydrogen (secondary N) is 2. The predicted octanol–water partition coefficient (Wildman–Crippen LogP) is 4.16. The van der Waals surface area contributed by atoms with E-state index in [0.29, 0.717) is 61.9 Å². The zero-order valence-electron chi connectivity index (χ0n) is 21.8. The van der Waals surface area contributed by atoms with Gasteiger partial charge in [0.25, 0.3) is 5.91 Å². The quantitative estimate of drug-likeness (QED) is 0.389. The SMILES string of the molecule is CN(C)Cc1nc(Nc2ccc(-c3cnc4cc(F)ccn34)c3c2C(=O)NC3)ccc1C1(C#N)CCOCC1. The average Bonchev–Trinajstić information content (AvgIpc) is 3.53. The summed E-state index contributed by atoms with van der Waals surface area (Å²) >= 11 is 0. The zero-order chi connectivity index (χ0) is 27.1. The van der Waals surface area contributed by atoms with Gasteiger partial charge >= 0.3 is 0 Å². The highest BCUT2D eigenvalue weighted by Crippen LogP contribution is 2.38. The molecule has 2 aliphatic rings. The van der Waals surface area contributed by atoms with Crippen molar-refractivity contribution >= 4 is 23.1 Å². The topological polar surface area (TPSA) is 108 Å². The predicted molar refractivity (Wildman–Crippen MR) is 144 cm³/mol. The van der Waals surface area contributed by atoms with Crippen LogP contribution < -0.4 is 10.6 Å². The number of fused-ring (bicyclic) bond motifs is 2. The van der Waals surface area contributed by atoms with E-state index in [9.17, 15) is 14.4 Å². The van der Waals surface area contributed by atoms with Gasteiger partial charge in [-0.05, 0) is 56.3 Å². The molecule has 1 amide bonds. The Morgan fingerprint density at radius 1 is 1.23 bits per heavy atom. The summed E-state index contributed by atoms with van der Waals surface area (Å²) < 4.78 is 21.0. The highest BCUT2D eigenvalue weighted by Gasteiger charge is 2.37. The lowest BCUT2D eigenvalue weighted by Gasteiger charge is -2.33. The molecule has 9 nitrogen and oxygen atoms in total. The maximum Gasteiger partial charge on any atom is 0.254 e. The van der Waals surface area contributed by atoms with E-state index in [0.717, 1.165) is 28.1 Å². The van der Waals surface area contributed by atoms with Gasteiger partial charge in [0.15, 0.2) is 0 Å². The first-order chi connectivity index (χ1) is 18.9. The number of ether oxygens (including phenoxy) is 1. The average molecular weight is 526 g/mol. The van der Waals surface area contributed by atoms with E-state index >= 15 is 0 Å². The van der Waals surface area contributed by atoms with Gasteiger partial charge in [-0.1, -0.05) is 12.1 Å². The van der Waals surface area contributed by atoms with E-state index < -0.39 is 5.41 Å². The summed E-state index contributed by atoms with van der Waals surface area (Å²) in [5.74, 6) is 0.0617. The van der Waals surface area contributed by atoms with Crippen LogP contribution in [-0.2, 0) is 23.2 Å². The summed E-state index contributed by atoms with van der Waals surface area (Å²) in [6.45, 7) is 2.04. The van der Waals surface area contributed by atoms with Crippen molar-refractivity contribution < 1.29 is 13.9 Å². The summed E-state index contributed by atoms with van der Waals surface area (Å²) in [5.41, 5.74) is 5.26. The third kappa shape index (κ3) is 4.39. The monoisotopic (exact) mass is 525 g/mol. The van der Waals surface area contributed by atoms with Gasteiger partial charge in [-0.25, -0.2) is 14.4 Å². The normalized spacial score (nSPS) is 16.2. The minimum atomic E-state index is -0.630. The number of nitrogens with zero attached hydrogens (tertiary/aromatic N) is 5. The first-order valence-corrected chi connectivity index (χ1v) is 12.9. The Hall–Kier alpha value is -4.33. The van der Waals surface area contributed by atoms with Gasteiger partial charge in [0.05, 0.1) is 40.3 Å². The Balaban J connectivity index is 1.39. The molecule has 6 rings (SSSR count). The summed E-state index contributed by atoms with van der Waals surface area (Å²) in [5, 5.41) is 16.4. The second-order valence-corrected chi connectivity index (χ2v) is 10.3. The lowest BCUT2D eigenvalue weighted by molar-refractivity contribution is 0.0670. The molecule has 5 heterocycles. The number of hydrogen-bond donors (Lipinski definition) is 2. The van der Waals surface area contributed by atoms with E-state index in [1.54, 1.807) is 12.4 Å². The summed E-state index contributed by atoms with van der Waals surface area (Å²) in [4.78, 5) is 24.3. The van der Waals surface area contributed by atoms with Crippen LogP contribution in [0.3, 0.4) is 0 Å². The third-order valence-electron chi connectivity index (χ3n) is 7.50. The Labute approximate surface area is 225 Å². The van der Waals surface area contributed by atoms with Crippen LogP contribution >= 0.6 is 0 Å². The molecular weight excluding hydrogens is 497 g/mol. The van der Waals surface area contributed by atoms with E-state index in [2.05, 4.69) is 21.7 Å². The van der Waals surface area contributed by atoms with Crippen LogP contribution in [0.2, 0.25) is 0 Å². The van der Waals surface area contributed by atoms with Crippen LogP contribution in [0.5, 0.6) is 0 Å². The van der Waals surface area contributed by atoms with E-state index in [4.69, 9.17) is 9.72 Å². The fourth-order valence-corrected chi connectivity index (χ4v) is 5.57. The molecule has 1 saturated heterocycles. The second-order valence-electron chi connectivity index (χ2n) is 10.3. The number of benzene rings is 1. The van der Waals surface area contributed by atoms with Crippen molar-refractivity contribution in [3.05, 3.63) is 77.0 Å². The number of hydrogen-bond acceptors (Lipinski definition) is 7. The van der Waals surface area contributed by atoms with Gasteiger partial charge in [0, 0.05) is 44.1 Å². The van der Waals surface area contributed by atoms with Crippen LogP contribution in [0.15, 0.2) is 48.8 Å². The van der Waals surface area contributed by atoms with Crippen LogP contribution in [0.1, 0.15) is 40.0 Å². The van der Waals surface area contributed by atoms with Crippen LogP contribution in [0.25, 0.3) is 16.9 Å². The van der Waals surface area contributed by atoms with Crippen molar-refractivity contribution in [2.24, 2.45) is 0 Å². The number of carbonyl (C=O) groups excluding carboxylic acids is 1. The van der Waals surface area contributed by atoms with Gasteiger partial charge in [-0.15, -0.1) is 0 Å². The Kier molecular flexibility index (Phi) is 6.25. The van der Waals surface area contributed by atoms with Crippen molar-refractivity contribution in [1.82, 2.24) is 24.6 Å². The van der Waals surface area contributed by atoms with Crippen molar-refractivity contribution in [3.63, 3.8) is 0 Å². The molecule has 1 aromatic carbocycles.